The molecule has 0 spiro atoms. The highest BCUT2D eigenvalue weighted by atomic mass is 35.5. The summed E-state index contributed by atoms with van der Waals surface area (Å²) in [6.45, 7) is 2.85. The smallest absolute Gasteiger partial charge is 0.255 e. The SMILES string of the molecule is CCCCN(C)C(=O)c1ccc(Nc2cc(Cl)cc(Cl)c2)nc1. The molecule has 1 aromatic heterocycles. The molecule has 0 aliphatic rings. The molecule has 0 aliphatic carbocycles. The number of unbranched alkanes of at least 4 members (excludes halogenated alkanes) is 1. The lowest BCUT2D eigenvalue weighted by atomic mass is 10.2. The van der Waals surface area contributed by atoms with Crippen molar-refractivity contribution < 1.29 is 4.79 Å². The number of hydrogen-bond acceptors (Lipinski definition) is 3. The summed E-state index contributed by atoms with van der Waals surface area (Å²) in [7, 11) is 1.80. The molecule has 1 heterocycles. The van der Waals surface area contributed by atoms with Gasteiger partial charge in [-0.05, 0) is 36.8 Å². The van der Waals surface area contributed by atoms with Crippen molar-refractivity contribution in [1.82, 2.24) is 9.88 Å². The Kier molecular flexibility index (Phi) is 6.25. The molecule has 1 amide bonds. The number of amides is 1. The molecule has 0 radical (unpaired) electrons. The van der Waals surface area contributed by atoms with Gasteiger partial charge in [0.05, 0.1) is 5.56 Å². The molecule has 122 valence electrons. The molecule has 0 saturated heterocycles. The van der Waals surface area contributed by atoms with E-state index in [1.54, 1.807) is 48.5 Å². The number of carbonyl (C=O) groups excluding carboxylic acids is 1. The molecule has 0 saturated carbocycles. The monoisotopic (exact) mass is 351 g/mol. The number of anilines is 2. The zero-order chi connectivity index (χ0) is 16.8. The summed E-state index contributed by atoms with van der Waals surface area (Å²) in [5, 5.41) is 4.20. The van der Waals surface area contributed by atoms with E-state index in [0.29, 0.717) is 21.4 Å². The number of pyridine rings is 1. The quantitative estimate of drug-likeness (QED) is 0.795. The lowest BCUT2D eigenvalue weighted by Crippen LogP contribution is -2.27. The second-order valence-electron chi connectivity index (χ2n) is 5.30. The number of carbonyl (C=O) groups is 1. The zero-order valence-corrected chi connectivity index (χ0v) is 14.7. The lowest BCUT2D eigenvalue weighted by molar-refractivity contribution is 0.0793. The van der Waals surface area contributed by atoms with Gasteiger partial charge in [0.25, 0.3) is 5.91 Å². The first-order valence-corrected chi connectivity index (χ1v) is 8.20. The topological polar surface area (TPSA) is 45.2 Å². The molecule has 1 aromatic carbocycles. The molecule has 2 aromatic rings. The van der Waals surface area contributed by atoms with Crippen molar-refractivity contribution in [1.29, 1.82) is 0 Å². The first kappa shape index (κ1) is 17.6. The van der Waals surface area contributed by atoms with E-state index in [1.165, 1.54) is 0 Å². The van der Waals surface area contributed by atoms with Crippen LogP contribution in [-0.4, -0.2) is 29.4 Å². The summed E-state index contributed by atoms with van der Waals surface area (Å²) >= 11 is 11.9. The number of nitrogens with one attached hydrogen (secondary N) is 1. The van der Waals surface area contributed by atoms with E-state index >= 15 is 0 Å². The van der Waals surface area contributed by atoms with Crippen molar-refractivity contribution >= 4 is 40.6 Å². The number of aromatic nitrogens is 1. The Morgan fingerprint density at radius 2 is 1.91 bits per heavy atom. The average Bonchev–Trinajstić information content (AvgIpc) is 2.51. The summed E-state index contributed by atoms with van der Waals surface area (Å²) in [4.78, 5) is 18.2. The summed E-state index contributed by atoms with van der Waals surface area (Å²) < 4.78 is 0. The molecular formula is C17H19Cl2N3O. The molecule has 0 unspecified atom stereocenters. The van der Waals surface area contributed by atoms with E-state index in [4.69, 9.17) is 23.2 Å². The molecule has 0 bridgehead atoms. The highest BCUT2D eigenvalue weighted by molar-refractivity contribution is 6.35. The highest BCUT2D eigenvalue weighted by Gasteiger charge is 2.11. The first-order valence-electron chi connectivity index (χ1n) is 7.44. The van der Waals surface area contributed by atoms with Crippen molar-refractivity contribution in [2.45, 2.75) is 19.8 Å². The van der Waals surface area contributed by atoms with Crippen LogP contribution in [0.2, 0.25) is 10.0 Å². The van der Waals surface area contributed by atoms with Gasteiger partial charge >= 0.3 is 0 Å². The summed E-state index contributed by atoms with van der Waals surface area (Å²) in [5.41, 5.74) is 1.31. The van der Waals surface area contributed by atoms with E-state index < -0.39 is 0 Å². The van der Waals surface area contributed by atoms with Crippen LogP contribution in [0.25, 0.3) is 0 Å². The molecule has 6 heteroatoms. The molecular weight excluding hydrogens is 333 g/mol. The molecule has 2 rings (SSSR count). The predicted molar refractivity (Wildman–Crippen MR) is 95.9 cm³/mol. The largest absolute Gasteiger partial charge is 0.342 e. The first-order chi connectivity index (χ1) is 11.0. The fraction of sp³-hybridized carbons (Fsp3) is 0.294. The summed E-state index contributed by atoms with van der Waals surface area (Å²) in [6, 6.07) is 8.69. The van der Waals surface area contributed by atoms with Gasteiger partial charge in [0.2, 0.25) is 0 Å². The van der Waals surface area contributed by atoms with Crippen molar-refractivity contribution in [3.8, 4) is 0 Å². The minimum absolute atomic E-state index is 0.0247. The predicted octanol–water partition coefficient (Wildman–Crippen LogP) is 5.00. The number of benzene rings is 1. The summed E-state index contributed by atoms with van der Waals surface area (Å²) in [5.74, 6) is 0.597. The van der Waals surface area contributed by atoms with E-state index in [0.717, 1.165) is 25.1 Å². The van der Waals surface area contributed by atoms with Crippen LogP contribution in [0.5, 0.6) is 0 Å². The van der Waals surface area contributed by atoms with Crippen LogP contribution in [0.1, 0.15) is 30.1 Å². The molecule has 1 N–H and O–H groups in total. The fourth-order valence-electron chi connectivity index (χ4n) is 2.09. The Morgan fingerprint density at radius 1 is 1.22 bits per heavy atom. The molecule has 4 nitrogen and oxygen atoms in total. The van der Waals surface area contributed by atoms with Gasteiger partial charge < -0.3 is 10.2 Å². The average molecular weight is 352 g/mol. The number of halogens is 2. The van der Waals surface area contributed by atoms with Crippen molar-refractivity contribution in [3.63, 3.8) is 0 Å². The van der Waals surface area contributed by atoms with Crippen molar-refractivity contribution in [2.75, 3.05) is 18.9 Å². The zero-order valence-electron chi connectivity index (χ0n) is 13.1. The van der Waals surface area contributed by atoms with E-state index in [-0.39, 0.29) is 5.91 Å². The fourth-order valence-corrected chi connectivity index (χ4v) is 2.61. The Morgan fingerprint density at radius 3 is 2.48 bits per heavy atom. The van der Waals surface area contributed by atoms with Crippen LogP contribution in [0.3, 0.4) is 0 Å². The van der Waals surface area contributed by atoms with E-state index in [2.05, 4.69) is 17.2 Å². The van der Waals surface area contributed by atoms with Gasteiger partial charge in [-0.25, -0.2) is 4.98 Å². The third kappa shape index (κ3) is 5.12. The van der Waals surface area contributed by atoms with Crippen molar-refractivity contribution in [3.05, 3.63) is 52.1 Å². The Hall–Kier alpha value is -1.78. The minimum Gasteiger partial charge on any atom is -0.342 e. The lowest BCUT2D eigenvalue weighted by Gasteiger charge is -2.16. The van der Waals surface area contributed by atoms with Crippen LogP contribution < -0.4 is 5.32 Å². The maximum absolute atomic E-state index is 12.2. The van der Waals surface area contributed by atoms with Gasteiger partial charge in [0.15, 0.2) is 0 Å². The van der Waals surface area contributed by atoms with Gasteiger partial charge in [-0.3, -0.25) is 4.79 Å². The van der Waals surface area contributed by atoms with Crippen LogP contribution in [0.4, 0.5) is 11.5 Å². The van der Waals surface area contributed by atoms with Crippen LogP contribution in [0, 0.1) is 0 Å². The molecule has 0 atom stereocenters. The van der Waals surface area contributed by atoms with Crippen LogP contribution >= 0.6 is 23.2 Å². The molecule has 23 heavy (non-hydrogen) atoms. The third-order valence-corrected chi connectivity index (χ3v) is 3.78. The maximum atomic E-state index is 12.2. The highest BCUT2D eigenvalue weighted by Crippen LogP contribution is 2.24. The standard InChI is InChI=1S/C17H19Cl2N3O/c1-3-4-7-22(2)17(23)12-5-6-16(20-11-12)21-15-9-13(18)8-14(19)10-15/h5-6,8-11H,3-4,7H2,1-2H3,(H,20,21). The van der Waals surface area contributed by atoms with Gasteiger partial charge in [-0.15, -0.1) is 0 Å². The molecule has 0 aliphatic heterocycles. The Balaban J connectivity index is 2.05. The van der Waals surface area contributed by atoms with E-state index in [9.17, 15) is 4.79 Å². The Labute approximate surface area is 146 Å². The second kappa shape index (κ2) is 8.18. The Bertz CT molecular complexity index is 654. The van der Waals surface area contributed by atoms with Crippen LogP contribution in [0.15, 0.2) is 36.5 Å². The van der Waals surface area contributed by atoms with Gasteiger partial charge in [0, 0.05) is 35.5 Å². The second-order valence-corrected chi connectivity index (χ2v) is 6.17. The van der Waals surface area contributed by atoms with Gasteiger partial charge in [-0.2, -0.15) is 0 Å². The molecule has 0 fully saturated rings. The normalized spacial score (nSPS) is 10.4. The number of hydrogen-bond donors (Lipinski definition) is 1. The number of nitrogens with zero attached hydrogens (tertiary/aromatic N) is 2. The van der Waals surface area contributed by atoms with Gasteiger partial charge in [0.1, 0.15) is 5.82 Å². The third-order valence-electron chi connectivity index (χ3n) is 3.34. The van der Waals surface area contributed by atoms with Crippen molar-refractivity contribution in [2.24, 2.45) is 0 Å². The van der Waals surface area contributed by atoms with Gasteiger partial charge in [-0.1, -0.05) is 36.5 Å². The number of rotatable bonds is 6. The maximum Gasteiger partial charge on any atom is 0.255 e. The minimum atomic E-state index is -0.0247. The van der Waals surface area contributed by atoms with Crippen LogP contribution in [-0.2, 0) is 0 Å². The van der Waals surface area contributed by atoms with E-state index in [1.807, 2.05) is 0 Å². The summed E-state index contributed by atoms with van der Waals surface area (Å²) in [6.07, 6.45) is 3.62.